The van der Waals surface area contributed by atoms with Gasteiger partial charge < -0.3 is 0 Å². The van der Waals surface area contributed by atoms with Crippen LogP contribution in [0.1, 0.15) is 29.8 Å². The van der Waals surface area contributed by atoms with Gasteiger partial charge in [-0.05, 0) is 43.7 Å². The van der Waals surface area contributed by atoms with Crippen molar-refractivity contribution in [1.82, 2.24) is 10.9 Å². The summed E-state index contributed by atoms with van der Waals surface area (Å²) in [5.74, 6) is -0.910. The van der Waals surface area contributed by atoms with Crippen LogP contribution in [-0.4, -0.2) is 20.2 Å². The van der Waals surface area contributed by atoms with Crippen molar-refractivity contribution >= 4 is 21.7 Å². The fourth-order valence-electron chi connectivity index (χ4n) is 2.32. The van der Waals surface area contributed by atoms with Gasteiger partial charge in [-0.1, -0.05) is 30.3 Å². The number of nitriles is 1. The Morgan fingerprint density at radius 1 is 1.00 bits per heavy atom. The molecule has 0 heterocycles. The zero-order valence-electron chi connectivity index (χ0n) is 15.3. The first-order valence-electron chi connectivity index (χ1n) is 8.26. The second kappa shape index (κ2) is 8.50. The van der Waals surface area contributed by atoms with Crippen LogP contribution >= 0.6 is 0 Å². The lowest BCUT2D eigenvalue weighted by molar-refractivity contribution is -0.126. The molecule has 144 valence electrons. The molecular weight excluding hydrogens is 378 g/mol. The molecule has 8 heteroatoms. The van der Waals surface area contributed by atoms with Gasteiger partial charge in [-0.3, -0.25) is 20.4 Å². The highest BCUT2D eigenvalue weighted by Gasteiger charge is 2.30. The third-order valence-corrected chi connectivity index (χ3v) is 5.54. The average Bonchev–Trinajstić information content (AvgIpc) is 2.70. The van der Waals surface area contributed by atoms with Crippen LogP contribution in [0.15, 0.2) is 71.0 Å². The molecular formula is C20H19N3O4S. The lowest BCUT2D eigenvalue weighted by Gasteiger charge is -2.24. The Labute approximate surface area is 163 Å². The molecule has 2 rings (SSSR count). The van der Waals surface area contributed by atoms with Crippen LogP contribution in [0.4, 0.5) is 0 Å². The Balaban J connectivity index is 2.11. The van der Waals surface area contributed by atoms with Crippen molar-refractivity contribution in [3.05, 3.63) is 77.2 Å². The van der Waals surface area contributed by atoms with Crippen molar-refractivity contribution in [2.24, 2.45) is 0 Å². The molecule has 0 fully saturated rings. The summed E-state index contributed by atoms with van der Waals surface area (Å²) in [6, 6.07) is 15.8. The molecule has 2 amide bonds. The third-order valence-electron chi connectivity index (χ3n) is 4.12. The third kappa shape index (κ3) is 4.84. The minimum absolute atomic E-state index is 0.0105. The van der Waals surface area contributed by atoms with Crippen LogP contribution in [0.5, 0.6) is 0 Å². The second-order valence-corrected chi connectivity index (χ2v) is 8.23. The first-order valence-corrected chi connectivity index (χ1v) is 9.81. The Morgan fingerprint density at radius 2 is 1.61 bits per heavy atom. The molecule has 0 aliphatic heterocycles. The maximum Gasteiger partial charge on any atom is 0.269 e. The number of hydrogen-bond donors (Lipinski definition) is 2. The summed E-state index contributed by atoms with van der Waals surface area (Å²) in [7, 11) is -3.72. The Bertz CT molecular complexity index is 1040. The van der Waals surface area contributed by atoms with Crippen LogP contribution in [-0.2, 0) is 20.0 Å². The average molecular weight is 397 g/mol. The highest BCUT2D eigenvalue weighted by Crippen LogP contribution is 2.25. The number of hydrogen-bond acceptors (Lipinski definition) is 5. The van der Waals surface area contributed by atoms with Gasteiger partial charge in [-0.25, -0.2) is 8.42 Å². The summed E-state index contributed by atoms with van der Waals surface area (Å²) in [6.45, 7) is 3.30. The van der Waals surface area contributed by atoms with E-state index in [2.05, 4.69) is 10.9 Å². The Kier molecular flexibility index (Phi) is 6.33. The van der Waals surface area contributed by atoms with Gasteiger partial charge in [-0.2, -0.15) is 5.26 Å². The zero-order valence-corrected chi connectivity index (χ0v) is 16.2. The lowest BCUT2D eigenvalue weighted by Crippen LogP contribution is -2.49. The summed E-state index contributed by atoms with van der Waals surface area (Å²) in [4.78, 5) is 24.6. The minimum Gasteiger partial charge on any atom is -0.272 e. The highest BCUT2D eigenvalue weighted by atomic mass is 32.2. The van der Waals surface area contributed by atoms with E-state index in [-0.39, 0.29) is 4.90 Å². The van der Waals surface area contributed by atoms with E-state index in [1.54, 1.807) is 50.2 Å². The van der Waals surface area contributed by atoms with Crippen LogP contribution in [0.3, 0.4) is 0 Å². The Morgan fingerprint density at radius 3 is 2.18 bits per heavy atom. The normalized spacial score (nSPS) is 11.6. The molecule has 2 aromatic rings. The molecule has 0 aliphatic rings. The number of carbonyl (C=O) groups is 2. The maximum atomic E-state index is 12.5. The van der Waals surface area contributed by atoms with Gasteiger partial charge in [0.15, 0.2) is 0 Å². The summed E-state index contributed by atoms with van der Waals surface area (Å²) in [6.07, 6.45) is 0.885. The van der Waals surface area contributed by atoms with Crippen molar-refractivity contribution in [1.29, 1.82) is 5.26 Å². The SMILES string of the molecule is CC(C)(C(=O)NNC(=O)c1ccccc1)c1ccc(S(=O)(=O)C=CC#N)cc1. The van der Waals surface area contributed by atoms with Crippen molar-refractivity contribution in [3.8, 4) is 6.07 Å². The van der Waals surface area contributed by atoms with E-state index < -0.39 is 27.1 Å². The molecule has 7 nitrogen and oxygen atoms in total. The number of nitrogens with one attached hydrogen (secondary N) is 2. The van der Waals surface area contributed by atoms with Crippen molar-refractivity contribution in [2.75, 3.05) is 0 Å². The molecule has 0 aliphatic carbocycles. The quantitative estimate of drug-likeness (QED) is 0.593. The predicted octanol–water partition coefficient (Wildman–Crippen LogP) is 2.24. The minimum atomic E-state index is -3.72. The van der Waals surface area contributed by atoms with Crippen molar-refractivity contribution in [2.45, 2.75) is 24.2 Å². The van der Waals surface area contributed by atoms with Crippen molar-refractivity contribution < 1.29 is 18.0 Å². The van der Waals surface area contributed by atoms with Crippen LogP contribution < -0.4 is 10.9 Å². The number of benzene rings is 2. The van der Waals surface area contributed by atoms with Gasteiger partial charge in [-0.15, -0.1) is 0 Å². The van der Waals surface area contributed by atoms with E-state index in [1.807, 2.05) is 0 Å². The molecule has 0 atom stereocenters. The summed E-state index contributed by atoms with van der Waals surface area (Å²) in [5.41, 5.74) is 4.68. The standard InChI is InChI=1S/C20H19N3O4S/c1-20(2,19(25)23-22-18(24)15-7-4-3-5-8-15)16-9-11-17(12-10-16)28(26,27)14-6-13-21/h3-12,14H,1-2H3,(H,22,24)(H,23,25). The van der Waals surface area contributed by atoms with Gasteiger partial charge in [0.2, 0.25) is 15.7 Å². The molecule has 0 bridgehead atoms. The van der Waals surface area contributed by atoms with Gasteiger partial charge in [0.1, 0.15) is 0 Å². The molecule has 28 heavy (non-hydrogen) atoms. The number of amides is 2. The summed E-state index contributed by atoms with van der Waals surface area (Å²) < 4.78 is 24.1. The highest BCUT2D eigenvalue weighted by molar-refractivity contribution is 7.94. The van der Waals surface area contributed by atoms with Crippen LogP contribution in [0, 0.1) is 11.3 Å². The zero-order chi connectivity index (χ0) is 20.8. The second-order valence-electron chi connectivity index (χ2n) is 6.40. The number of sulfone groups is 1. The van der Waals surface area contributed by atoms with Crippen LogP contribution in [0.25, 0.3) is 0 Å². The molecule has 0 saturated heterocycles. The van der Waals surface area contributed by atoms with E-state index in [0.29, 0.717) is 11.1 Å². The summed E-state index contributed by atoms with van der Waals surface area (Å²) in [5, 5.41) is 9.29. The lowest BCUT2D eigenvalue weighted by atomic mass is 9.84. The number of allylic oxidation sites excluding steroid dienone is 1. The molecule has 0 radical (unpaired) electrons. The number of hydrazine groups is 1. The smallest absolute Gasteiger partial charge is 0.269 e. The van der Waals surface area contributed by atoms with E-state index in [9.17, 15) is 18.0 Å². The molecule has 0 spiro atoms. The number of rotatable bonds is 5. The van der Waals surface area contributed by atoms with Crippen LogP contribution in [0.2, 0.25) is 0 Å². The van der Waals surface area contributed by atoms with Gasteiger partial charge in [0.25, 0.3) is 5.91 Å². The van der Waals surface area contributed by atoms with Crippen molar-refractivity contribution in [3.63, 3.8) is 0 Å². The monoisotopic (exact) mass is 397 g/mol. The fourth-order valence-corrected chi connectivity index (χ4v) is 3.24. The molecule has 2 N–H and O–H groups in total. The topological polar surface area (TPSA) is 116 Å². The van der Waals surface area contributed by atoms with E-state index in [1.165, 1.54) is 24.3 Å². The van der Waals surface area contributed by atoms with E-state index in [0.717, 1.165) is 11.5 Å². The first kappa shape index (κ1) is 20.9. The summed E-state index contributed by atoms with van der Waals surface area (Å²) >= 11 is 0. The van der Waals surface area contributed by atoms with Gasteiger partial charge >= 0.3 is 0 Å². The van der Waals surface area contributed by atoms with E-state index >= 15 is 0 Å². The molecule has 0 unspecified atom stereocenters. The predicted molar refractivity (Wildman–Crippen MR) is 103 cm³/mol. The number of carbonyl (C=O) groups excluding carboxylic acids is 2. The van der Waals surface area contributed by atoms with E-state index in [4.69, 9.17) is 5.26 Å². The van der Waals surface area contributed by atoms with Gasteiger partial charge in [0.05, 0.1) is 16.4 Å². The van der Waals surface area contributed by atoms with Gasteiger partial charge in [0, 0.05) is 17.0 Å². The largest absolute Gasteiger partial charge is 0.272 e. The first-order chi connectivity index (χ1) is 13.2. The maximum absolute atomic E-state index is 12.5. The Hall–Kier alpha value is -3.44. The number of nitrogens with zero attached hydrogens (tertiary/aromatic N) is 1. The molecule has 0 aromatic heterocycles. The fraction of sp³-hybridized carbons (Fsp3) is 0.150. The molecule has 0 saturated carbocycles. The molecule has 2 aromatic carbocycles.